The van der Waals surface area contributed by atoms with E-state index in [0.29, 0.717) is 23.8 Å². The Hall–Kier alpha value is -1.02. The van der Waals surface area contributed by atoms with Gasteiger partial charge in [0.2, 0.25) is 0 Å². The van der Waals surface area contributed by atoms with Crippen molar-refractivity contribution in [2.24, 2.45) is 11.8 Å². The molecule has 1 fully saturated rings. The van der Waals surface area contributed by atoms with Gasteiger partial charge in [0, 0.05) is 17.5 Å². The number of hydrogen-bond acceptors (Lipinski definition) is 1. The van der Waals surface area contributed by atoms with Gasteiger partial charge in [-0.2, -0.15) is 0 Å². The van der Waals surface area contributed by atoms with Gasteiger partial charge in [-0.1, -0.05) is 38.8 Å². The van der Waals surface area contributed by atoms with Gasteiger partial charge in [-0.25, -0.2) is 0 Å². The van der Waals surface area contributed by atoms with E-state index in [0.717, 1.165) is 17.5 Å². The van der Waals surface area contributed by atoms with Crippen LogP contribution in [0.3, 0.4) is 0 Å². The Morgan fingerprint density at radius 2 is 1.95 bits per heavy atom. The van der Waals surface area contributed by atoms with Gasteiger partial charge in [0.15, 0.2) is 0 Å². The van der Waals surface area contributed by atoms with Crippen molar-refractivity contribution in [1.82, 2.24) is 5.32 Å². The van der Waals surface area contributed by atoms with Crippen LogP contribution >= 0.6 is 11.6 Å². The van der Waals surface area contributed by atoms with Crippen LogP contribution in [0.15, 0.2) is 24.3 Å². The first-order chi connectivity index (χ1) is 9.11. The van der Waals surface area contributed by atoms with Crippen LogP contribution in [0, 0.1) is 11.8 Å². The van der Waals surface area contributed by atoms with Crippen LogP contribution in [-0.2, 0) is 5.88 Å². The van der Waals surface area contributed by atoms with Crippen LogP contribution in [0.4, 0.5) is 0 Å². The first-order valence-electron chi connectivity index (χ1n) is 7.07. The quantitative estimate of drug-likeness (QED) is 0.833. The molecule has 3 heteroatoms. The molecule has 1 N–H and O–H groups in total. The second kappa shape index (κ2) is 6.42. The molecular weight excluding hydrogens is 258 g/mol. The number of hydrogen-bond donors (Lipinski definition) is 1. The number of nitrogens with one attached hydrogen (secondary N) is 1. The third-order valence-electron chi connectivity index (χ3n) is 4.39. The van der Waals surface area contributed by atoms with E-state index in [-0.39, 0.29) is 5.91 Å². The van der Waals surface area contributed by atoms with E-state index in [1.165, 1.54) is 12.8 Å². The molecule has 1 aromatic carbocycles. The molecule has 1 saturated carbocycles. The molecule has 1 aliphatic rings. The van der Waals surface area contributed by atoms with E-state index in [1.807, 2.05) is 24.3 Å². The Balaban J connectivity index is 1.99. The molecule has 0 heterocycles. The van der Waals surface area contributed by atoms with Crippen LogP contribution in [0.5, 0.6) is 0 Å². The van der Waals surface area contributed by atoms with Crippen molar-refractivity contribution < 1.29 is 4.79 Å². The number of carbonyl (C=O) groups is 1. The fourth-order valence-electron chi connectivity index (χ4n) is 2.78. The largest absolute Gasteiger partial charge is 0.349 e. The second-order valence-electron chi connectivity index (χ2n) is 5.68. The van der Waals surface area contributed by atoms with E-state index in [4.69, 9.17) is 11.6 Å². The monoisotopic (exact) mass is 279 g/mol. The summed E-state index contributed by atoms with van der Waals surface area (Å²) in [6, 6.07) is 7.83. The maximum absolute atomic E-state index is 12.2. The molecular formula is C16H22ClNO. The highest BCUT2D eigenvalue weighted by Gasteiger charge is 2.28. The van der Waals surface area contributed by atoms with Crippen molar-refractivity contribution in [2.45, 2.75) is 45.0 Å². The summed E-state index contributed by atoms with van der Waals surface area (Å²) in [7, 11) is 0. The molecule has 0 aromatic heterocycles. The lowest BCUT2D eigenvalue weighted by atomic mass is 9.78. The lowest BCUT2D eigenvalue weighted by molar-refractivity contribution is 0.0891. The highest BCUT2D eigenvalue weighted by atomic mass is 35.5. The van der Waals surface area contributed by atoms with Gasteiger partial charge in [-0.15, -0.1) is 11.6 Å². The Labute approximate surface area is 120 Å². The topological polar surface area (TPSA) is 29.1 Å². The van der Waals surface area contributed by atoms with Crippen molar-refractivity contribution in [1.29, 1.82) is 0 Å². The van der Waals surface area contributed by atoms with E-state index >= 15 is 0 Å². The standard InChI is InChI=1S/C16H22ClNO/c1-11-4-3-5-15(12(11)2)18-16(19)14-8-6-13(10-17)7-9-14/h6-9,11-12,15H,3-5,10H2,1-2H3,(H,18,19). The molecule has 0 saturated heterocycles. The van der Waals surface area contributed by atoms with Crippen molar-refractivity contribution in [3.05, 3.63) is 35.4 Å². The minimum Gasteiger partial charge on any atom is -0.349 e. The summed E-state index contributed by atoms with van der Waals surface area (Å²) >= 11 is 5.75. The number of alkyl halides is 1. The van der Waals surface area contributed by atoms with E-state index < -0.39 is 0 Å². The molecule has 0 radical (unpaired) electrons. The van der Waals surface area contributed by atoms with Gasteiger partial charge < -0.3 is 5.32 Å². The molecule has 1 amide bonds. The molecule has 2 nitrogen and oxygen atoms in total. The van der Waals surface area contributed by atoms with E-state index in [9.17, 15) is 4.79 Å². The Morgan fingerprint density at radius 1 is 1.26 bits per heavy atom. The number of benzene rings is 1. The third-order valence-corrected chi connectivity index (χ3v) is 4.70. The average molecular weight is 280 g/mol. The van der Waals surface area contributed by atoms with Crippen LogP contribution in [0.1, 0.15) is 49.0 Å². The first kappa shape index (κ1) is 14.4. The molecule has 3 unspecified atom stereocenters. The van der Waals surface area contributed by atoms with Gasteiger partial charge in [0.1, 0.15) is 0 Å². The Bertz CT molecular complexity index is 429. The Kier molecular flexibility index (Phi) is 4.87. The lowest BCUT2D eigenvalue weighted by Gasteiger charge is -2.34. The zero-order valence-corrected chi connectivity index (χ0v) is 12.4. The number of amides is 1. The first-order valence-corrected chi connectivity index (χ1v) is 7.61. The molecule has 19 heavy (non-hydrogen) atoms. The van der Waals surface area contributed by atoms with Crippen molar-refractivity contribution in [3.63, 3.8) is 0 Å². The van der Waals surface area contributed by atoms with Crippen molar-refractivity contribution in [3.8, 4) is 0 Å². The molecule has 2 rings (SSSR count). The molecule has 0 bridgehead atoms. The van der Waals surface area contributed by atoms with Crippen molar-refractivity contribution in [2.75, 3.05) is 0 Å². The normalized spacial score (nSPS) is 27.0. The molecule has 0 spiro atoms. The summed E-state index contributed by atoms with van der Waals surface area (Å²) in [6.07, 6.45) is 3.58. The molecule has 1 aliphatic carbocycles. The Morgan fingerprint density at radius 3 is 2.58 bits per heavy atom. The van der Waals surface area contributed by atoms with Gasteiger partial charge in [0.25, 0.3) is 5.91 Å². The van der Waals surface area contributed by atoms with Crippen LogP contribution in [0.25, 0.3) is 0 Å². The molecule has 1 aromatic rings. The van der Waals surface area contributed by atoms with Crippen LogP contribution in [-0.4, -0.2) is 11.9 Å². The van der Waals surface area contributed by atoms with Gasteiger partial charge in [0.05, 0.1) is 0 Å². The average Bonchev–Trinajstić information content (AvgIpc) is 2.44. The van der Waals surface area contributed by atoms with Gasteiger partial charge >= 0.3 is 0 Å². The zero-order chi connectivity index (χ0) is 13.8. The highest BCUT2D eigenvalue weighted by Crippen LogP contribution is 2.29. The zero-order valence-electron chi connectivity index (χ0n) is 11.7. The summed E-state index contributed by atoms with van der Waals surface area (Å²) in [6.45, 7) is 4.52. The second-order valence-corrected chi connectivity index (χ2v) is 5.95. The predicted octanol–water partition coefficient (Wildman–Crippen LogP) is 3.98. The molecule has 3 atom stereocenters. The van der Waals surface area contributed by atoms with Crippen LogP contribution < -0.4 is 5.32 Å². The SMILES string of the molecule is CC1CCCC(NC(=O)c2ccc(CCl)cc2)C1C. The molecule has 104 valence electrons. The fraction of sp³-hybridized carbons (Fsp3) is 0.562. The number of carbonyl (C=O) groups excluding carboxylic acids is 1. The number of halogens is 1. The van der Waals surface area contributed by atoms with Gasteiger partial charge in [-0.3, -0.25) is 4.79 Å². The molecule has 0 aliphatic heterocycles. The maximum atomic E-state index is 12.2. The van der Waals surface area contributed by atoms with Crippen LogP contribution in [0.2, 0.25) is 0 Å². The highest BCUT2D eigenvalue weighted by molar-refractivity contribution is 6.17. The minimum atomic E-state index is 0.0343. The van der Waals surface area contributed by atoms with E-state index in [2.05, 4.69) is 19.2 Å². The third kappa shape index (κ3) is 3.50. The summed E-state index contributed by atoms with van der Waals surface area (Å²) in [5.41, 5.74) is 1.76. The minimum absolute atomic E-state index is 0.0343. The summed E-state index contributed by atoms with van der Waals surface area (Å²) in [5, 5.41) is 3.18. The van der Waals surface area contributed by atoms with Gasteiger partial charge in [-0.05, 0) is 36.0 Å². The summed E-state index contributed by atoms with van der Waals surface area (Å²) < 4.78 is 0. The predicted molar refractivity (Wildman–Crippen MR) is 79.4 cm³/mol. The smallest absolute Gasteiger partial charge is 0.251 e. The van der Waals surface area contributed by atoms with E-state index in [1.54, 1.807) is 0 Å². The summed E-state index contributed by atoms with van der Waals surface area (Å²) in [5.74, 6) is 1.77. The fourth-order valence-corrected chi connectivity index (χ4v) is 2.96. The number of rotatable bonds is 3. The summed E-state index contributed by atoms with van der Waals surface area (Å²) in [4.78, 5) is 12.2. The lowest BCUT2D eigenvalue weighted by Crippen LogP contribution is -2.43. The maximum Gasteiger partial charge on any atom is 0.251 e. The van der Waals surface area contributed by atoms with Crippen molar-refractivity contribution >= 4 is 17.5 Å².